The van der Waals surface area contributed by atoms with Gasteiger partial charge in [0.1, 0.15) is 11.3 Å². The van der Waals surface area contributed by atoms with E-state index >= 15 is 0 Å². The maximum atomic E-state index is 12.0. The van der Waals surface area contributed by atoms with Gasteiger partial charge in [0, 0.05) is 23.9 Å². The van der Waals surface area contributed by atoms with Gasteiger partial charge in [-0.3, -0.25) is 4.79 Å². The highest BCUT2D eigenvalue weighted by atomic mass is 16.4. The number of carboxylic acid groups (broad SMARTS) is 1. The number of carbonyl (C=O) groups excluding carboxylic acids is 1. The average molecular weight is 309 g/mol. The van der Waals surface area contributed by atoms with Gasteiger partial charge in [0.15, 0.2) is 0 Å². The van der Waals surface area contributed by atoms with Gasteiger partial charge in [-0.25, -0.2) is 4.79 Å². The molecule has 5 heteroatoms. The van der Waals surface area contributed by atoms with Gasteiger partial charge < -0.3 is 14.8 Å². The minimum atomic E-state index is -1.01. The quantitative estimate of drug-likeness (QED) is 0.759. The molecule has 0 aliphatic heterocycles. The molecule has 1 amide bonds. The van der Waals surface area contributed by atoms with E-state index in [9.17, 15) is 9.59 Å². The lowest BCUT2D eigenvalue weighted by Crippen LogP contribution is -2.25. The molecule has 0 aliphatic rings. The van der Waals surface area contributed by atoms with Gasteiger partial charge in [0.25, 0.3) is 5.91 Å². The number of carboxylic acids is 1. The zero-order chi connectivity index (χ0) is 16.2. The van der Waals surface area contributed by atoms with Gasteiger partial charge in [0.2, 0.25) is 0 Å². The SMILES string of the molecule is O=C(O)c1ccc(C(=O)NCCc2cc3ccccc3o2)cc1. The van der Waals surface area contributed by atoms with E-state index in [1.54, 1.807) is 0 Å². The molecule has 0 fully saturated rings. The van der Waals surface area contributed by atoms with Crippen molar-refractivity contribution in [1.82, 2.24) is 5.32 Å². The largest absolute Gasteiger partial charge is 0.478 e. The minimum Gasteiger partial charge on any atom is -0.478 e. The number of aromatic carboxylic acids is 1. The molecule has 0 atom stereocenters. The molecule has 0 radical (unpaired) electrons. The van der Waals surface area contributed by atoms with E-state index in [1.807, 2.05) is 30.3 Å². The number of hydrogen-bond donors (Lipinski definition) is 2. The molecular formula is C18H15NO4. The smallest absolute Gasteiger partial charge is 0.335 e. The summed E-state index contributed by atoms with van der Waals surface area (Å²) < 4.78 is 5.68. The van der Waals surface area contributed by atoms with Crippen LogP contribution in [0.15, 0.2) is 59.0 Å². The van der Waals surface area contributed by atoms with Gasteiger partial charge >= 0.3 is 5.97 Å². The summed E-state index contributed by atoms with van der Waals surface area (Å²) in [5.41, 5.74) is 1.42. The lowest BCUT2D eigenvalue weighted by molar-refractivity contribution is 0.0696. The van der Waals surface area contributed by atoms with Crippen LogP contribution in [0, 0.1) is 0 Å². The number of benzene rings is 2. The molecular weight excluding hydrogens is 294 g/mol. The Balaban J connectivity index is 1.57. The molecule has 0 bridgehead atoms. The van der Waals surface area contributed by atoms with Crippen LogP contribution in [0.5, 0.6) is 0 Å². The van der Waals surface area contributed by atoms with E-state index in [0.29, 0.717) is 18.5 Å². The summed E-state index contributed by atoms with van der Waals surface area (Å²) in [4.78, 5) is 22.8. The van der Waals surface area contributed by atoms with Crippen molar-refractivity contribution in [2.45, 2.75) is 6.42 Å². The second kappa shape index (κ2) is 6.36. The predicted molar refractivity (Wildman–Crippen MR) is 85.7 cm³/mol. The number of nitrogens with one attached hydrogen (secondary N) is 1. The van der Waals surface area contributed by atoms with Crippen molar-refractivity contribution in [2.24, 2.45) is 0 Å². The highest BCUT2D eigenvalue weighted by molar-refractivity contribution is 5.95. The molecule has 0 saturated heterocycles. The molecule has 0 saturated carbocycles. The highest BCUT2D eigenvalue weighted by Gasteiger charge is 2.08. The van der Waals surface area contributed by atoms with Crippen LogP contribution >= 0.6 is 0 Å². The van der Waals surface area contributed by atoms with E-state index in [0.717, 1.165) is 16.7 Å². The first-order valence-electron chi connectivity index (χ1n) is 7.22. The summed E-state index contributed by atoms with van der Waals surface area (Å²) in [6.45, 7) is 0.444. The van der Waals surface area contributed by atoms with Crippen molar-refractivity contribution < 1.29 is 19.1 Å². The molecule has 0 aliphatic carbocycles. The molecule has 2 aromatic carbocycles. The maximum absolute atomic E-state index is 12.0. The molecule has 23 heavy (non-hydrogen) atoms. The van der Waals surface area contributed by atoms with Gasteiger partial charge in [-0.2, -0.15) is 0 Å². The van der Waals surface area contributed by atoms with Crippen LogP contribution in [0.25, 0.3) is 11.0 Å². The fourth-order valence-corrected chi connectivity index (χ4v) is 2.33. The van der Waals surface area contributed by atoms with Gasteiger partial charge in [-0.1, -0.05) is 18.2 Å². The summed E-state index contributed by atoms with van der Waals surface area (Å²) >= 11 is 0. The number of rotatable bonds is 5. The number of amides is 1. The van der Waals surface area contributed by atoms with E-state index < -0.39 is 5.97 Å². The zero-order valence-electron chi connectivity index (χ0n) is 12.3. The molecule has 2 N–H and O–H groups in total. The Morgan fingerprint density at radius 1 is 1.00 bits per heavy atom. The number of fused-ring (bicyclic) bond motifs is 1. The van der Waals surface area contributed by atoms with Crippen LogP contribution in [-0.4, -0.2) is 23.5 Å². The second-order valence-corrected chi connectivity index (χ2v) is 5.14. The van der Waals surface area contributed by atoms with E-state index in [4.69, 9.17) is 9.52 Å². The van der Waals surface area contributed by atoms with Crippen LogP contribution in [0.1, 0.15) is 26.5 Å². The Morgan fingerprint density at radius 3 is 2.39 bits per heavy atom. The molecule has 3 rings (SSSR count). The van der Waals surface area contributed by atoms with Crippen LogP contribution in [0.4, 0.5) is 0 Å². The summed E-state index contributed by atoms with van der Waals surface area (Å²) in [5, 5.41) is 12.7. The minimum absolute atomic E-state index is 0.156. The Labute approximate surface area is 132 Å². The van der Waals surface area contributed by atoms with E-state index in [1.165, 1.54) is 24.3 Å². The average Bonchev–Trinajstić information content (AvgIpc) is 2.97. The fraction of sp³-hybridized carbons (Fsp3) is 0.111. The summed E-state index contributed by atoms with van der Waals surface area (Å²) in [6.07, 6.45) is 0.591. The van der Waals surface area contributed by atoms with Gasteiger partial charge in [-0.05, 0) is 36.4 Å². The zero-order valence-corrected chi connectivity index (χ0v) is 12.3. The molecule has 5 nitrogen and oxygen atoms in total. The third-order valence-electron chi connectivity index (χ3n) is 3.53. The van der Waals surface area contributed by atoms with E-state index in [2.05, 4.69) is 5.32 Å². The Bertz CT molecular complexity index is 816. The Hall–Kier alpha value is -3.08. The lowest BCUT2D eigenvalue weighted by atomic mass is 10.1. The van der Waals surface area contributed by atoms with Crippen molar-refractivity contribution in [3.63, 3.8) is 0 Å². The van der Waals surface area contributed by atoms with Crippen LogP contribution < -0.4 is 5.32 Å². The maximum Gasteiger partial charge on any atom is 0.335 e. The first-order chi connectivity index (χ1) is 11.1. The third-order valence-corrected chi connectivity index (χ3v) is 3.53. The Kier molecular flexibility index (Phi) is 4.10. The molecule has 3 aromatic rings. The summed E-state index contributed by atoms with van der Waals surface area (Å²) in [5.74, 6) is -0.437. The standard InChI is InChI=1S/C18H15NO4/c20-17(12-5-7-13(8-6-12)18(21)22)19-10-9-15-11-14-3-1-2-4-16(14)23-15/h1-8,11H,9-10H2,(H,19,20)(H,21,22). The van der Waals surface area contributed by atoms with Crippen molar-refractivity contribution in [3.8, 4) is 0 Å². The summed E-state index contributed by atoms with van der Waals surface area (Å²) in [7, 11) is 0. The number of hydrogen-bond acceptors (Lipinski definition) is 3. The van der Waals surface area contributed by atoms with Crippen LogP contribution in [-0.2, 0) is 6.42 Å². The van der Waals surface area contributed by atoms with Crippen LogP contribution in [0.3, 0.4) is 0 Å². The van der Waals surface area contributed by atoms with Crippen molar-refractivity contribution in [1.29, 1.82) is 0 Å². The van der Waals surface area contributed by atoms with Crippen LogP contribution in [0.2, 0.25) is 0 Å². The monoisotopic (exact) mass is 309 g/mol. The first kappa shape index (κ1) is 14.8. The topological polar surface area (TPSA) is 79.5 Å². The molecule has 116 valence electrons. The predicted octanol–water partition coefficient (Wildman–Crippen LogP) is 3.10. The van der Waals surface area contributed by atoms with Gasteiger partial charge in [-0.15, -0.1) is 0 Å². The number of para-hydroxylation sites is 1. The Morgan fingerprint density at radius 2 is 1.70 bits per heavy atom. The van der Waals surface area contributed by atoms with Gasteiger partial charge in [0.05, 0.1) is 5.56 Å². The van der Waals surface area contributed by atoms with Crippen molar-refractivity contribution >= 4 is 22.8 Å². The molecule has 0 spiro atoms. The van der Waals surface area contributed by atoms with Crippen molar-refractivity contribution in [2.75, 3.05) is 6.54 Å². The van der Waals surface area contributed by atoms with Crippen molar-refractivity contribution in [3.05, 3.63) is 71.5 Å². The third kappa shape index (κ3) is 3.40. The first-order valence-corrected chi connectivity index (χ1v) is 7.22. The lowest BCUT2D eigenvalue weighted by Gasteiger charge is -2.04. The highest BCUT2D eigenvalue weighted by Crippen LogP contribution is 2.18. The normalized spacial score (nSPS) is 10.6. The molecule has 1 heterocycles. The molecule has 0 unspecified atom stereocenters. The summed E-state index contributed by atoms with van der Waals surface area (Å²) in [6, 6.07) is 15.5. The number of carbonyl (C=O) groups is 2. The fourth-order valence-electron chi connectivity index (χ4n) is 2.33. The number of furan rings is 1. The second-order valence-electron chi connectivity index (χ2n) is 5.14. The van der Waals surface area contributed by atoms with E-state index in [-0.39, 0.29) is 11.5 Å². The molecule has 1 aromatic heterocycles.